The summed E-state index contributed by atoms with van der Waals surface area (Å²) in [6.45, 7) is 6.90. The van der Waals surface area contributed by atoms with Crippen LogP contribution in [0, 0.1) is 5.41 Å². The molecule has 0 saturated carbocycles. The molecule has 4 nitrogen and oxygen atoms in total. The average molecular weight is 190 g/mol. The van der Waals surface area contributed by atoms with E-state index < -0.39 is 17.4 Å². The fraction of sp³-hybridized carbons (Fsp3) is 0.778. The molecule has 0 aromatic carbocycles. The molecular formula is C9H16O4. The highest BCUT2D eigenvalue weighted by Gasteiger charge is 2.38. The van der Waals surface area contributed by atoms with Crippen LogP contribution in [-0.2, 0) is 19.1 Å². The van der Waals surface area contributed by atoms with Gasteiger partial charge in [-0.2, -0.15) is 0 Å². The number of hydrogen-bond donors (Lipinski definition) is 0. The maximum absolute atomic E-state index is 11.3. The lowest BCUT2D eigenvalue weighted by Gasteiger charge is -2.19. The Labute approximate surface area is 78.2 Å². The molecule has 0 radical (unpaired) electrons. The summed E-state index contributed by atoms with van der Waals surface area (Å²) in [5.41, 5.74) is -1.20. The van der Waals surface area contributed by atoms with Gasteiger partial charge in [-0.05, 0) is 27.7 Å². The Morgan fingerprint density at radius 3 is 1.69 bits per heavy atom. The molecule has 0 amide bonds. The molecule has 0 saturated heterocycles. The van der Waals surface area contributed by atoms with Crippen LogP contribution >= 0.6 is 0 Å². The standard InChI is InChI=1S/C9H16O4/c1-5-12-7(10)9(3,4)8(11)13-6-2/h5-6H2,1-4H3/i3+2. The van der Waals surface area contributed by atoms with Gasteiger partial charge in [0.1, 0.15) is 0 Å². The zero-order chi connectivity index (χ0) is 10.5. The number of esters is 2. The van der Waals surface area contributed by atoms with Crippen LogP contribution in [0.25, 0.3) is 0 Å². The molecule has 0 aliphatic carbocycles. The molecule has 0 aliphatic rings. The zero-order valence-electron chi connectivity index (χ0n) is 8.55. The normalized spacial score (nSPS) is 10.8. The van der Waals surface area contributed by atoms with Crippen LogP contribution in [0.5, 0.6) is 0 Å². The number of ether oxygens (including phenoxy) is 2. The summed E-state index contributed by atoms with van der Waals surface area (Å²) in [5.74, 6) is -1.10. The van der Waals surface area contributed by atoms with Gasteiger partial charge in [-0.3, -0.25) is 9.59 Å². The maximum Gasteiger partial charge on any atom is 0.322 e. The van der Waals surface area contributed by atoms with Gasteiger partial charge < -0.3 is 9.47 Å². The molecule has 4 heteroatoms. The summed E-state index contributed by atoms with van der Waals surface area (Å²) in [6, 6.07) is 0. The largest absolute Gasteiger partial charge is 0.465 e. The highest BCUT2D eigenvalue weighted by molar-refractivity contribution is 5.99. The third-order valence-electron chi connectivity index (χ3n) is 1.57. The Hall–Kier alpha value is -1.06. The SMILES string of the molecule is CCOC(=O)C(C)([14CH3])C(=O)OCC. The minimum Gasteiger partial charge on any atom is -0.465 e. The maximum atomic E-state index is 11.3. The van der Waals surface area contributed by atoms with Crippen molar-refractivity contribution >= 4 is 11.9 Å². The third-order valence-corrected chi connectivity index (χ3v) is 1.57. The molecule has 0 bridgehead atoms. The molecule has 0 aromatic heterocycles. The topological polar surface area (TPSA) is 52.6 Å². The van der Waals surface area contributed by atoms with E-state index in [9.17, 15) is 9.59 Å². The van der Waals surface area contributed by atoms with Gasteiger partial charge in [-0.1, -0.05) is 0 Å². The number of carbonyl (C=O) groups is 2. The molecule has 0 spiro atoms. The van der Waals surface area contributed by atoms with E-state index in [-0.39, 0.29) is 13.2 Å². The summed E-state index contributed by atoms with van der Waals surface area (Å²) in [4.78, 5) is 22.5. The zero-order valence-corrected chi connectivity index (χ0v) is 8.55. The molecule has 0 atom stereocenters. The molecule has 0 fully saturated rings. The van der Waals surface area contributed by atoms with Crippen molar-refractivity contribution in [3.8, 4) is 0 Å². The molecule has 0 heterocycles. The minimum atomic E-state index is -1.20. The summed E-state index contributed by atoms with van der Waals surface area (Å²) < 4.78 is 9.47. The molecule has 0 unspecified atom stereocenters. The van der Waals surface area contributed by atoms with Gasteiger partial charge in [0.25, 0.3) is 0 Å². The predicted molar refractivity (Wildman–Crippen MR) is 47.0 cm³/mol. The van der Waals surface area contributed by atoms with E-state index in [1.807, 2.05) is 0 Å². The Bertz CT molecular complexity index is 176. The van der Waals surface area contributed by atoms with Gasteiger partial charge in [0.15, 0.2) is 5.41 Å². The van der Waals surface area contributed by atoms with E-state index in [0.717, 1.165) is 0 Å². The predicted octanol–water partition coefficient (Wildman–Crippen LogP) is 1.14. The molecule has 76 valence electrons. The molecule has 0 aliphatic heterocycles. The summed E-state index contributed by atoms with van der Waals surface area (Å²) in [5, 5.41) is 0. The van der Waals surface area contributed by atoms with Crippen molar-refractivity contribution in [2.45, 2.75) is 27.7 Å². The van der Waals surface area contributed by atoms with Crippen LogP contribution in [0.4, 0.5) is 0 Å². The summed E-state index contributed by atoms with van der Waals surface area (Å²) in [6.07, 6.45) is 0. The van der Waals surface area contributed by atoms with E-state index in [4.69, 9.17) is 9.47 Å². The molecule has 0 rings (SSSR count). The van der Waals surface area contributed by atoms with E-state index in [1.54, 1.807) is 13.8 Å². The highest BCUT2D eigenvalue weighted by atomic mass is 16.6. The van der Waals surface area contributed by atoms with E-state index in [2.05, 4.69) is 0 Å². The van der Waals surface area contributed by atoms with Crippen molar-refractivity contribution in [2.24, 2.45) is 5.41 Å². The Balaban J connectivity index is 4.36. The van der Waals surface area contributed by atoms with E-state index in [0.29, 0.717) is 0 Å². The number of hydrogen-bond acceptors (Lipinski definition) is 4. The van der Waals surface area contributed by atoms with Crippen molar-refractivity contribution in [2.75, 3.05) is 13.2 Å². The second-order valence-corrected chi connectivity index (χ2v) is 3.07. The lowest BCUT2D eigenvalue weighted by atomic mass is 10.1. The van der Waals surface area contributed by atoms with Crippen molar-refractivity contribution in [3.63, 3.8) is 0 Å². The van der Waals surface area contributed by atoms with Crippen LogP contribution in [0.1, 0.15) is 27.7 Å². The molecule has 0 N–H and O–H groups in total. The van der Waals surface area contributed by atoms with Gasteiger partial charge in [0.05, 0.1) is 13.2 Å². The highest BCUT2D eigenvalue weighted by Crippen LogP contribution is 2.19. The van der Waals surface area contributed by atoms with Crippen LogP contribution < -0.4 is 0 Å². The van der Waals surface area contributed by atoms with Crippen LogP contribution in [-0.4, -0.2) is 25.2 Å². The van der Waals surface area contributed by atoms with Crippen molar-refractivity contribution < 1.29 is 19.1 Å². The number of rotatable bonds is 4. The van der Waals surface area contributed by atoms with Crippen LogP contribution in [0.15, 0.2) is 0 Å². The first kappa shape index (κ1) is 11.9. The van der Waals surface area contributed by atoms with Crippen LogP contribution in [0.2, 0.25) is 0 Å². The first-order valence-corrected chi connectivity index (χ1v) is 4.31. The van der Waals surface area contributed by atoms with Crippen molar-refractivity contribution in [1.82, 2.24) is 0 Å². The van der Waals surface area contributed by atoms with Gasteiger partial charge >= 0.3 is 11.9 Å². The Kier molecular flexibility index (Phi) is 4.45. The quantitative estimate of drug-likeness (QED) is 0.492. The number of carbonyl (C=O) groups excluding carboxylic acids is 2. The fourth-order valence-corrected chi connectivity index (χ4v) is 0.706. The Morgan fingerprint density at radius 1 is 1.15 bits per heavy atom. The second-order valence-electron chi connectivity index (χ2n) is 3.07. The minimum absolute atomic E-state index is 0.266. The molecule has 0 aromatic rings. The van der Waals surface area contributed by atoms with Gasteiger partial charge in [-0.15, -0.1) is 0 Å². The molecule has 13 heavy (non-hydrogen) atoms. The van der Waals surface area contributed by atoms with Crippen LogP contribution in [0.3, 0.4) is 0 Å². The lowest BCUT2D eigenvalue weighted by Crippen LogP contribution is -2.36. The smallest absolute Gasteiger partial charge is 0.322 e. The van der Waals surface area contributed by atoms with Gasteiger partial charge in [0.2, 0.25) is 0 Å². The van der Waals surface area contributed by atoms with E-state index >= 15 is 0 Å². The van der Waals surface area contributed by atoms with Gasteiger partial charge in [0, 0.05) is 0 Å². The fourth-order valence-electron chi connectivity index (χ4n) is 0.706. The first-order chi connectivity index (χ1) is 5.96. The summed E-state index contributed by atoms with van der Waals surface area (Å²) in [7, 11) is 0. The van der Waals surface area contributed by atoms with Gasteiger partial charge in [-0.25, -0.2) is 0 Å². The monoisotopic (exact) mass is 190 g/mol. The molecular weight excluding hydrogens is 174 g/mol. The van der Waals surface area contributed by atoms with Crippen molar-refractivity contribution in [1.29, 1.82) is 0 Å². The second kappa shape index (κ2) is 4.84. The van der Waals surface area contributed by atoms with Crippen molar-refractivity contribution in [3.05, 3.63) is 0 Å². The third kappa shape index (κ3) is 3.05. The average Bonchev–Trinajstić information content (AvgIpc) is 2.05. The Morgan fingerprint density at radius 2 is 1.46 bits per heavy atom. The van der Waals surface area contributed by atoms with E-state index in [1.165, 1.54) is 13.8 Å². The lowest BCUT2D eigenvalue weighted by molar-refractivity contribution is -0.169. The summed E-state index contributed by atoms with van der Waals surface area (Å²) >= 11 is 0. The first-order valence-electron chi connectivity index (χ1n) is 4.31.